The van der Waals surface area contributed by atoms with E-state index in [2.05, 4.69) is 17.5 Å². The number of rotatable bonds is 3. The van der Waals surface area contributed by atoms with E-state index >= 15 is 0 Å². The van der Waals surface area contributed by atoms with Gasteiger partial charge in [-0.2, -0.15) is 11.8 Å². The Bertz CT molecular complexity index is 491. The summed E-state index contributed by atoms with van der Waals surface area (Å²) in [6, 6.07) is 4.18. The number of hydrogen-bond acceptors (Lipinski definition) is 4. The largest absolute Gasteiger partial charge is 0.293 e. The van der Waals surface area contributed by atoms with Gasteiger partial charge < -0.3 is 0 Å². The van der Waals surface area contributed by atoms with Crippen LogP contribution in [0.5, 0.6) is 0 Å². The summed E-state index contributed by atoms with van der Waals surface area (Å²) >= 11 is 5.40. The minimum absolute atomic E-state index is 0.357. The molecule has 0 bridgehead atoms. The van der Waals surface area contributed by atoms with E-state index in [9.17, 15) is 4.79 Å². The van der Waals surface area contributed by atoms with Crippen LogP contribution in [0.1, 0.15) is 28.9 Å². The summed E-state index contributed by atoms with van der Waals surface area (Å²) in [6.07, 6.45) is 3.20. The molecule has 0 amide bonds. The van der Waals surface area contributed by atoms with Crippen LogP contribution in [0.4, 0.5) is 0 Å². The average Bonchev–Trinajstić information content (AvgIpc) is 2.90. The first kappa shape index (κ1) is 11.8. The Morgan fingerprint density at radius 2 is 2.12 bits per heavy atom. The molecule has 0 spiro atoms. The van der Waals surface area contributed by atoms with Gasteiger partial charge in [0.1, 0.15) is 0 Å². The maximum Gasteiger partial charge on any atom is 0.173 e. The molecule has 4 heteroatoms. The Balaban J connectivity index is 1.71. The lowest BCUT2D eigenvalue weighted by Gasteiger charge is -2.19. The van der Waals surface area contributed by atoms with Crippen molar-refractivity contribution in [1.29, 1.82) is 0 Å². The molecule has 1 aliphatic heterocycles. The van der Waals surface area contributed by atoms with Crippen molar-refractivity contribution < 1.29 is 4.79 Å². The van der Waals surface area contributed by atoms with Crippen LogP contribution < -0.4 is 0 Å². The molecule has 0 unspecified atom stereocenters. The fourth-order valence-corrected chi connectivity index (χ4v) is 5.48. The molecule has 2 aromatic rings. The second-order valence-corrected chi connectivity index (χ2v) is 7.70. The summed E-state index contributed by atoms with van der Waals surface area (Å²) < 4.78 is 2.52. The summed E-state index contributed by atoms with van der Waals surface area (Å²) in [5, 5.41) is 2.09. The van der Waals surface area contributed by atoms with Crippen molar-refractivity contribution in [1.82, 2.24) is 0 Å². The first-order valence-electron chi connectivity index (χ1n) is 5.91. The number of thiophene rings is 2. The van der Waals surface area contributed by atoms with Crippen LogP contribution in [0, 0.1) is 5.92 Å². The normalized spacial score (nSPS) is 17.6. The Kier molecular flexibility index (Phi) is 3.54. The number of Topliss-reactive ketones (excluding diaryl/α,β-unsaturated/α-hetero) is 1. The Morgan fingerprint density at radius 3 is 2.88 bits per heavy atom. The van der Waals surface area contributed by atoms with Gasteiger partial charge in [-0.3, -0.25) is 4.79 Å². The summed E-state index contributed by atoms with van der Waals surface area (Å²) in [6.45, 7) is 0. The molecule has 17 heavy (non-hydrogen) atoms. The molecule has 2 aromatic heterocycles. The predicted molar refractivity (Wildman–Crippen MR) is 78.7 cm³/mol. The number of carbonyl (C=O) groups excluding carboxylic acids is 1. The van der Waals surface area contributed by atoms with Gasteiger partial charge in [-0.05, 0) is 47.8 Å². The van der Waals surface area contributed by atoms with E-state index in [4.69, 9.17) is 0 Å². The highest BCUT2D eigenvalue weighted by atomic mass is 32.2. The van der Waals surface area contributed by atoms with Gasteiger partial charge in [0.25, 0.3) is 0 Å². The van der Waals surface area contributed by atoms with Gasteiger partial charge in [-0.25, -0.2) is 0 Å². The summed E-state index contributed by atoms with van der Waals surface area (Å²) in [4.78, 5) is 13.2. The van der Waals surface area contributed by atoms with Crippen molar-refractivity contribution >= 4 is 49.6 Å². The van der Waals surface area contributed by atoms with Crippen LogP contribution in [0.15, 0.2) is 17.5 Å². The van der Waals surface area contributed by atoms with E-state index < -0.39 is 0 Å². The van der Waals surface area contributed by atoms with Gasteiger partial charge in [0.05, 0.1) is 4.88 Å². The second-order valence-electron chi connectivity index (χ2n) is 4.44. The monoisotopic (exact) mass is 282 g/mol. The summed E-state index contributed by atoms with van der Waals surface area (Å²) in [5.74, 6) is 3.45. The third-order valence-electron chi connectivity index (χ3n) is 3.23. The molecule has 90 valence electrons. The fourth-order valence-electron chi connectivity index (χ4n) is 2.22. The number of ketones is 1. The SMILES string of the molecule is O=C(CC1CCSCC1)c1cc2sccc2s1. The van der Waals surface area contributed by atoms with Crippen LogP contribution in [0.25, 0.3) is 9.40 Å². The van der Waals surface area contributed by atoms with Crippen molar-refractivity contribution in [2.24, 2.45) is 5.92 Å². The Hall–Kier alpha value is -0.320. The van der Waals surface area contributed by atoms with Crippen molar-refractivity contribution in [2.75, 3.05) is 11.5 Å². The van der Waals surface area contributed by atoms with Crippen LogP contribution >= 0.6 is 34.4 Å². The maximum atomic E-state index is 12.2. The highest BCUT2D eigenvalue weighted by molar-refractivity contribution is 7.99. The van der Waals surface area contributed by atoms with Crippen LogP contribution in [0.2, 0.25) is 0 Å². The molecule has 0 N–H and O–H groups in total. The first-order valence-corrected chi connectivity index (χ1v) is 8.76. The van der Waals surface area contributed by atoms with Crippen molar-refractivity contribution in [3.8, 4) is 0 Å². The molecular weight excluding hydrogens is 268 g/mol. The molecule has 1 saturated heterocycles. The van der Waals surface area contributed by atoms with Gasteiger partial charge >= 0.3 is 0 Å². The third kappa shape index (κ3) is 2.59. The van der Waals surface area contributed by atoms with Crippen molar-refractivity contribution in [3.05, 3.63) is 22.4 Å². The molecule has 0 aromatic carbocycles. The van der Waals surface area contributed by atoms with Gasteiger partial charge in [-0.1, -0.05) is 0 Å². The molecule has 0 aliphatic carbocycles. The molecule has 0 atom stereocenters. The smallest absolute Gasteiger partial charge is 0.173 e. The average molecular weight is 282 g/mol. The highest BCUT2D eigenvalue weighted by Crippen LogP contribution is 2.32. The Morgan fingerprint density at radius 1 is 1.29 bits per heavy atom. The fraction of sp³-hybridized carbons (Fsp3) is 0.462. The van der Waals surface area contributed by atoms with Crippen LogP contribution in [-0.4, -0.2) is 17.3 Å². The number of carbonyl (C=O) groups is 1. The third-order valence-corrected chi connectivity index (χ3v) is 6.41. The molecule has 3 rings (SSSR count). The second kappa shape index (κ2) is 5.12. The predicted octanol–water partition coefficient (Wildman–Crippen LogP) is 4.68. The minimum atomic E-state index is 0.357. The lowest BCUT2D eigenvalue weighted by Crippen LogP contribution is -2.13. The van der Waals surface area contributed by atoms with Crippen molar-refractivity contribution in [2.45, 2.75) is 19.3 Å². The zero-order chi connectivity index (χ0) is 11.7. The standard InChI is InChI=1S/C13H14OS3/c14-10(7-9-1-4-15-5-2-9)12-8-13-11(17-12)3-6-16-13/h3,6,8-9H,1-2,4-5,7H2. The molecule has 3 heterocycles. The summed E-state index contributed by atoms with van der Waals surface area (Å²) in [7, 11) is 0. The lowest BCUT2D eigenvalue weighted by molar-refractivity contribution is 0.0963. The quantitative estimate of drug-likeness (QED) is 0.760. The first-order chi connectivity index (χ1) is 8.33. The molecule has 0 radical (unpaired) electrons. The van der Waals surface area contributed by atoms with E-state index in [-0.39, 0.29) is 0 Å². The van der Waals surface area contributed by atoms with Gasteiger partial charge in [0.2, 0.25) is 0 Å². The van der Waals surface area contributed by atoms with E-state index in [1.54, 1.807) is 22.7 Å². The van der Waals surface area contributed by atoms with E-state index in [0.717, 1.165) is 11.3 Å². The van der Waals surface area contributed by atoms with E-state index in [1.807, 2.05) is 11.8 Å². The molecule has 0 saturated carbocycles. The Labute approximate surface area is 113 Å². The van der Waals surface area contributed by atoms with Gasteiger partial charge in [0, 0.05) is 15.8 Å². The van der Waals surface area contributed by atoms with E-state index in [1.165, 1.54) is 33.7 Å². The van der Waals surface area contributed by atoms with E-state index in [0.29, 0.717) is 11.7 Å². The van der Waals surface area contributed by atoms with Gasteiger partial charge in [0.15, 0.2) is 5.78 Å². The molecule has 1 nitrogen and oxygen atoms in total. The molecular formula is C13H14OS3. The van der Waals surface area contributed by atoms with Crippen molar-refractivity contribution in [3.63, 3.8) is 0 Å². The number of fused-ring (bicyclic) bond motifs is 1. The maximum absolute atomic E-state index is 12.2. The topological polar surface area (TPSA) is 17.1 Å². The zero-order valence-corrected chi connectivity index (χ0v) is 11.9. The van der Waals surface area contributed by atoms with Crippen LogP contribution in [-0.2, 0) is 0 Å². The zero-order valence-electron chi connectivity index (χ0n) is 9.48. The molecule has 1 aliphatic rings. The minimum Gasteiger partial charge on any atom is -0.293 e. The van der Waals surface area contributed by atoms with Gasteiger partial charge in [-0.15, -0.1) is 22.7 Å². The number of hydrogen-bond donors (Lipinski definition) is 0. The number of thioether (sulfide) groups is 1. The van der Waals surface area contributed by atoms with Crippen LogP contribution in [0.3, 0.4) is 0 Å². The molecule has 1 fully saturated rings. The highest BCUT2D eigenvalue weighted by Gasteiger charge is 2.19. The summed E-state index contributed by atoms with van der Waals surface area (Å²) in [5.41, 5.74) is 0. The lowest BCUT2D eigenvalue weighted by atomic mass is 9.96.